The lowest BCUT2D eigenvalue weighted by atomic mass is 10.1. The van der Waals surface area contributed by atoms with Crippen molar-refractivity contribution < 1.29 is 4.74 Å². The van der Waals surface area contributed by atoms with Crippen LogP contribution in [0.4, 0.5) is 5.82 Å². The van der Waals surface area contributed by atoms with Crippen LogP contribution < -0.4 is 10.1 Å². The van der Waals surface area contributed by atoms with E-state index in [-0.39, 0.29) is 0 Å². The Kier molecular flexibility index (Phi) is 6.22. The molecule has 152 valence electrons. The minimum Gasteiger partial charge on any atom is -0.497 e. The van der Waals surface area contributed by atoms with Crippen molar-refractivity contribution in [1.29, 1.82) is 0 Å². The fourth-order valence-corrected chi connectivity index (χ4v) is 3.66. The van der Waals surface area contributed by atoms with Crippen LogP contribution in [0.3, 0.4) is 0 Å². The number of piperazine rings is 1. The highest BCUT2D eigenvalue weighted by Crippen LogP contribution is 2.26. The van der Waals surface area contributed by atoms with Crippen LogP contribution in [-0.2, 0) is 0 Å². The van der Waals surface area contributed by atoms with E-state index in [0.29, 0.717) is 0 Å². The van der Waals surface area contributed by atoms with Crippen molar-refractivity contribution in [1.82, 2.24) is 19.8 Å². The van der Waals surface area contributed by atoms with Crippen LogP contribution in [0, 0.1) is 0 Å². The molecule has 2 heterocycles. The number of para-hydroxylation sites is 1. The average Bonchev–Trinajstić information content (AvgIpc) is 2.77. The highest BCUT2D eigenvalue weighted by molar-refractivity contribution is 5.90. The summed E-state index contributed by atoms with van der Waals surface area (Å²) in [4.78, 5) is 14.5. The Morgan fingerprint density at radius 1 is 0.966 bits per heavy atom. The molecule has 0 saturated carbocycles. The number of anilines is 1. The van der Waals surface area contributed by atoms with Gasteiger partial charge in [0.1, 0.15) is 11.6 Å². The molecule has 6 nitrogen and oxygen atoms in total. The number of methoxy groups -OCH3 is 1. The van der Waals surface area contributed by atoms with Crippen LogP contribution in [0.2, 0.25) is 0 Å². The Morgan fingerprint density at radius 3 is 2.48 bits per heavy atom. The predicted octanol–water partition coefficient (Wildman–Crippen LogP) is 3.35. The van der Waals surface area contributed by atoms with E-state index in [2.05, 4.69) is 28.2 Å². The molecule has 4 rings (SSSR count). The lowest BCUT2D eigenvalue weighted by molar-refractivity contribution is 0.154. The summed E-state index contributed by atoms with van der Waals surface area (Å²) in [7, 11) is 3.87. The van der Waals surface area contributed by atoms with Gasteiger partial charge in [-0.25, -0.2) is 9.97 Å². The Morgan fingerprint density at radius 2 is 1.72 bits per heavy atom. The highest BCUT2D eigenvalue weighted by atomic mass is 16.5. The molecule has 0 radical (unpaired) electrons. The van der Waals surface area contributed by atoms with Gasteiger partial charge in [0.25, 0.3) is 0 Å². The van der Waals surface area contributed by atoms with E-state index < -0.39 is 0 Å². The smallest absolute Gasteiger partial charge is 0.162 e. The fraction of sp³-hybridized carbons (Fsp3) is 0.391. The van der Waals surface area contributed by atoms with Crippen molar-refractivity contribution >= 4 is 16.7 Å². The van der Waals surface area contributed by atoms with Crippen molar-refractivity contribution in [2.75, 3.05) is 58.7 Å². The molecule has 3 aromatic rings. The molecule has 0 amide bonds. The van der Waals surface area contributed by atoms with E-state index in [0.717, 1.165) is 79.5 Å². The Bertz CT molecular complexity index is 936. The van der Waals surface area contributed by atoms with Crippen LogP contribution >= 0.6 is 0 Å². The molecule has 0 aliphatic carbocycles. The maximum Gasteiger partial charge on any atom is 0.162 e. The largest absolute Gasteiger partial charge is 0.497 e. The topological polar surface area (TPSA) is 53.5 Å². The maximum atomic E-state index is 5.26. The van der Waals surface area contributed by atoms with Gasteiger partial charge in [-0.15, -0.1) is 0 Å². The number of hydrogen-bond donors (Lipinski definition) is 1. The molecule has 0 unspecified atom stereocenters. The predicted molar refractivity (Wildman–Crippen MR) is 119 cm³/mol. The number of hydrogen-bond acceptors (Lipinski definition) is 6. The van der Waals surface area contributed by atoms with E-state index in [4.69, 9.17) is 14.7 Å². The normalized spacial score (nSPS) is 15.5. The summed E-state index contributed by atoms with van der Waals surface area (Å²) in [6, 6.07) is 16.1. The third-order valence-electron chi connectivity index (χ3n) is 5.49. The molecule has 1 aliphatic rings. The molecule has 0 bridgehead atoms. The second kappa shape index (κ2) is 9.20. The van der Waals surface area contributed by atoms with Crippen LogP contribution in [0.15, 0.2) is 48.5 Å². The van der Waals surface area contributed by atoms with Gasteiger partial charge in [0.05, 0.1) is 12.6 Å². The van der Waals surface area contributed by atoms with Crippen LogP contribution in [0.5, 0.6) is 5.75 Å². The molecular weight excluding hydrogens is 362 g/mol. The molecule has 2 aromatic carbocycles. The first-order chi connectivity index (χ1) is 14.2. The van der Waals surface area contributed by atoms with Crippen LogP contribution in [-0.4, -0.2) is 73.2 Å². The molecule has 0 atom stereocenters. The number of aromatic nitrogens is 2. The molecule has 1 fully saturated rings. The van der Waals surface area contributed by atoms with Crippen molar-refractivity contribution in [3.8, 4) is 17.1 Å². The first-order valence-electron chi connectivity index (χ1n) is 10.3. The van der Waals surface area contributed by atoms with E-state index in [1.165, 1.54) is 0 Å². The Labute approximate surface area is 172 Å². The van der Waals surface area contributed by atoms with Crippen LogP contribution in [0.25, 0.3) is 22.3 Å². The average molecular weight is 392 g/mol. The number of likely N-dealkylation sites (N-methyl/N-ethyl adjacent to an activating group) is 1. The van der Waals surface area contributed by atoms with Crippen molar-refractivity contribution in [2.24, 2.45) is 0 Å². The summed E-state index contributed by atoms with van der Waals surface area (Å²) in [6.45, 7) is 6.66. The van der Waals surface area contributed by atoms with Crippen LogP contribution in [0.1, 0.15) is 6.42 Å². The van der Waals surface area contributed by atoms with E-state index >= 15 is 0 Å². The van der Waals surface area contributed by atoms with Gasteiger partial charge >= 0.3 is 0 Å². The summed E-state index contributed by atoms with van der Waals surface area (Å²) in [5, 5.41) is 4.62. The molecule has 0 spiro atoms. The standard InChI is InChI=1S/C23H29N5O/c1-27-14-16-28(17-15-27)13-5-12-24-23-20-6-3-4-7-21(20)25-22(26-23)18-8-10-19(29-2)11-9-18/h3-4,6-11H,5,12-17H2,1-2H3,(H,24,25,26). The zero-order valence-corrected chi connectivity index (χ0v) is 17.3. The van der Waals surface area contributed by atoms with Gasteiger partial charge in [-0.3, -0.25) is 0 Å². The zero-order chi connectivity index (χ0) is 20.1. The van der Waals surface area contributed by atoms with Gasteiger partial charge in [0, 0.05) is 43.7 Å². The Hall–Kier alpha value is -2.70. The molecule has 1 aliphatic heterocycles. The summed E-state index contributed by atoms with van der Waals surface area (Å²) < 4.78 is 5.26. The Balaban J connectivity index is 1.47. The van der Waals surface area contributed by atoms with Crippen molar-refractivity contribution in [3.63, 3.8) is 0 Å². The highest BCUT2D eigenvalue weighted by Gasteiger charge is 2.13. The molecular formula is C23H29N5O. The number of benzene rings is 2. The van der Waals surface area contributed by atoms with Gasteiger partial charge in [-0.05, 0) is 56.4 Å². The number of nitrogens with zero attached hydrogens (tertiary/aromatic N) is 4. The summed E-state index contributed by atoms with van der Waals surface area (Å²) in [5.41, 5.74) is 1.94. The minimum atomic E-state index is 0.730. The van der Waals surface area contributed by atoms with Crippen molar-refractivity contribution in [3.05, 3.63) is 48.5 Å². The minimum absolute atomic E-state index is 0.730. The quantitative estimate of drug-likeness (QED) is 0.624. The lowest BCUT2D eigenvalue weighted by Gasteiger charge is -2.32. The van der Waals surface area contributed by atoms with Gasteiger partial charge in [0.2, 0.25) is 0 Å². The number of rotatable bonds is 7. The molecule has 1 N–H and O–H groups in total. The third-order valence-corrected chi connectivity index (χ3v) is 5.49. The van der Waals surface area contributed by atoms with Gasteiger partial charge < -0.3 is 19.9 Å². The first kappa shape index (κ1) is 19.6. The monoisotopic (exact) mass is 391 g/mol. The second-order valence-electron chi connectivity index (χ2n) is 7.57. The molecule has 1 aromatic heterocycles. The third kappa shape index (κ3) is 4.83. The fourth-order valence-electron chi connectivity index (χ4n) is 3.66. The molecule has 29 heavy (non-hydrogen) atoms. The molecule has 1 saturated heterocycles. The SMILES string of the molecule is COc1ccc(-c2nc(NCCCN3CCN(C)CC3)c3ccccc3n2)cc1. The van der Waals surface area contributed by atoms with E-state index in [1.54, 1.807) is 7.11 Å². The van der Waals surface area contributed by atoms with E-state index in [9.17, 15) is 0 Å². The summed E-state index contributed by atoms with van der Waals surface area (Å²) >= 11 is 0. The van der Waals surface area contributed by atoms with Gasteiger partial charge in [0.15, 0.2) is 5.82 Å². The summed E-state index contributed by atoms with van der Waals surface area (Å²) in [6.07, 6.45) is 1.10. The lowest BCUT2D eigenvalue weighted by Crippen LogP contribution is -2.44. The number of nitrogens with one attached hydrogen (secondary N) is 1. The van der Waals surface area contributed by atoms with Gasteiger partial charge in [-0.1, -0.05) is 12.1 Å². The van der Waals surface area contributed by atoms with Gasteiger partial charge in [-0.2, -0.15) is 0 Å². The van der Waals surface area contributed by atoms with E-state index in [1.807, 2.05) is 42.5 Å². The number of ether oxygens (including phenoxy) is 1. The first-order valence-corrected chi connectivity index (χ1v) is 10.3. The number of fused-ring (bicyclic) bond motifs is 1. The zero-order valence-electron chi connectivity index (χ0n) is 17.3. The van der Waals surface area contributed by atoms with Crippen molar-refractivity contribution in [2.45, 2.75) is 6.42 Å². The maximum absolute atomic E-state index is 5.26. The second-order valence-corrected chi connectivity index (χ2v) is 7.57. The molecule has 6 heteroatoms. The summed E-state index contributed by atoms with van der Waals surface area (Å²) in [5.74, 6) is 2.46.